The number of aryl methyl sites for hydroxylation is 1. The number of nitrogens with zero attached hydrogens (tertiary/aromatic N) is 2. The molecule has 0 spiro atoms. The number of hydrogen-bond acceptors (Lipinski definition) is 4. The Morgan fingerprint density at radius 2 is 1.95 bits per heavy atom. The van der Waals surface area contributed by atoms with Crippen LogP contribution < -0.4 is 10.6 Å². The highest BCUT2D eigenvalue weighted by atomic mass is 16.3. The summed E-state index contributed by atoms with van der Waals surface area (Å²) in [5.41, 5.74) is 9.68. The molecule has 0 aliphatic carbocycles. The van der Waals surface area contributed by atoms with Crippen molar-refractivity contribution in [2.45, 2.75) is 32.1 Å². The van der Waals surface area contributed by atoms with Crippen molar-refractivity contribution in [2.75, 3.05) is 50.5 Å². The van der Waals surface area contributed by atoms with Crippen molar-refractivity contribution >= 4 is 11.4 Å². The van der Waals surface area contributed by atoms with Crippen molar-refractivity contribution in [3.8, 4) is 0 Å². The molecule has 2 rings (SSSR count). The first kappa shape index (κ1) is 16.1. The van der Waals surface area contributed by atoms with Crippen molar-refractivity contribution < 1.29 is 5.11 Å². The average molecular weight is 291 g/mol. The van der Waals surface area contributed by atoms with Gasteiger partial charge in [-0.25, -0.2) is 0 Å². The number of hydrogen-bond donors (Lipinski definition) is 2. The van der Waals surface area contributed by atoms with Crippen LogP contribution in [-0.2, 0) is 6.42 Å². The van der Waals surface area contributed by atoms with Gasteiger partial charge in [-0.2, -0.15) is 0 Å². The standard InChI is InChI=1S/C17H29N3O/c1-19(12-13-21)9-5-6-15-7-8-17(16(18)14-15)20-10-3-2-4-11-20/h7-8,14,21H,2-6,9-13,18H2,1H3. The van der Waals surface area contributed by atoms with Gasteiger partial charge in [0.25, 0.3) is 0 Å². The summed E-state index contributed by atoms with van der Waals surface area (Å²) in [5.74, 6) is 0. The molecule has 1 heterocycles. The first-order chi connectivity index (χ1) is 10.2. The molecule has 0 aromatic heterocycles. The summed E-state index contributed by atoms with van der Waals surface area (Å²) in [6.45, 7) is 4.25. The second kappa shape index (κ2) is 8.25. The molecule has 0 unspecified atom stereocenters. The van der Waals surface area contributed by atoms with Crippen molar-refractivity contribution in [1.82, 2.24) is 4.90 Å². The Morgan fingerprint density at radius 1 is 1.19 bits per heavy atom. The maximum absolute atomic E-state index is 8.88. The highest BCUT2D eigenvalue weighted by Gasteiger charge is 2.13. The van der Waals surface area contributed by atoms with E-state index in [1.165, 1.54) is 30.5 Å². The average Bonchev–Trinajstić information content (AvgIpc) is 2.48. The third-order valence-electron chi connectivity index (χ3n) is 4.28. The molecule has 0 radical (unpaired) electrons. The van der Waals surface area contributed by atoms with Crippen LogP contribution >= 0.6 is 0 Å². The number of benzene rings is 1. The Hall–Kier alpha value is -1.26. The molecule has 118 valence electrons. The molecule has 1 aliphatic heterocycles. The van der Waals surface area contributed by atoms with Crippen LogP contribution in [0.5, 0.6) is 0 Å². The minimum atomic E-state index is 0.230. The van der Waals surface area contributed by atoms with E-state index in [1.54, 1.807) is 0 Å². The molecule has 4 nitrogen and oxygen atoms in total. The van der Waals surface area contributed by atoms with E-state index in [0.717, 1.165) is 44.7 Å². The predicted molar refractivity (Wildman–Crippen MR) is 89.8 cm³/mol. The lowest BCUT2D eigenvalue weighted by atomic mass is 10.1. The number of likely N-dealkylation sites (N-methyl/N-ethyl adjacent to an activating group) is 1. The monoisotopic (exact) mass is 291 g/mol. The molecule has 0 bridgehead atoms. The molecule has 4 heteroatoms. The van der Waals surface area contributed by atoms with Crippen LogP contribution in [0.2, 0.25) is 0 Å². The van der Waals surface area contributed by atoms with Gasteiger partial charge >= 0.3 is 0 Å². The summed E-state index contributed by atoms with van der Waals surface area (Å²) in [6, 6.07) is 6.54. The van der Waals surface area contributed by atoms with E-state index in [-0.39, 0.29) is 6.61 Å². The van der Waals surface area contributed by atoms with Crippen LogP contribution in [-0.4, -0.2) is 49.8 Å². The maximum atomic E-state index is 8.88. The van der Waals surface area contributed by atoms with Crippen LogP contribution in [0.25, 0.3) is 0 Å². The highest BCUT2D eigenvalue weighted by molar-refractivity contribution is 5.68. The molecule has 1 aromatic carbocycles. The smallest absolute Gasteiger partial charge is 0.0600 e. The van der Waals surface area contributed by atoms with Crippen LogP contribution in [0, 0.1) is 0 Å². The summed E-state index contributed by atoms with van der Waals surface area (Å²) in [7, 11) is 2.05. The van der Waals surface area contributed by atoms with Crippen LogP contribution in [0.4, 0.5) is 11.4 Å². The molecule has 3 N–H and O–H groups in total. The zero-order chi connectivity index (χ0) is 15.1. The van der Waals surface area contributed by atoms with Crippen LogP contribution in [0.15, 0.2) is 18.2 Å². The second-order valence-corrected chi connectivity index (χ2v) is 6.07. The summed E-state index contributed by atoms with van der Waals surface area (Å²) in [5, 5.41) is 8.88. The Morgan fingerprint density at radius 3 is 2.62 bits per heavy atom. The number of anilines is 2. The van der Waals surface area contributed by atoms with Crippen LogP contribution in [0.3, 0.4) is 0 Å². The lowest BCUT2D eigenvalue weighted by molar-refractivity contribution is 0.220. The lowest BCUT2D eigenvalue weighted by Crippen LogP contribution is -2.30. The van der Waals surface area contributed by atoms with E-state index in [2.05, 4.69) is 28.0 Å². The molecular weight excluding hydrogens is 262 g/mol. The van der Waals surface area contributed by atoms with Gasteiger partial charge in [0, 0.05) is 19.6 Å². The molecular formula is C17H29N3O. The summed E-state index contributed by atoms with van der Waals surface area (Å²) < 4.78 is 0. The number of aliphatic hydroxyl groups is 1. The molecule has 1 saturated heterocycles. The van der Waals surface area contributed by atoms with Gasteiger partial charge in [-0.1, -0.05) is 6.07 Å². The van der Waals surface area contributed by atoms with E-state index >= 15 is 0 Å². The highest BCUT2D eigenvalue weighted by Crippen LogP contribution is 2.27. The first-order valence-corrected chi connectivity index (χ1v) is 8.13. The largest absolute Gasteiger partial charge is 0.397 e. The Bertz CT molecular complexity index is 430. The Kier molecular flexibility index (Phi) is 6.33. The zero-order valence-electron chi connectivity index (χ0n) is 13.2. The van der Waals surface area contributed by atoms with Crippen molar-refractivity contribution in [3.63, 3.8) is 0 Å². The Labute approximate surface area is 128 Å². The van der Waals surface area contributed by atoms with E-state index in [0.29, 0.717) is 0 Å². The van der Waals surface area contributed by atoms with Crippen molar-refractivity contribution in [2.24, 2.45) is 0 Å². The number of aliphatic hydroxyl groups excluding tert-OH is 1. The van der Waals surface area contributed by atoms with E-state index in [9.17, 15) is 0 Å². The normalized spacial score (nSPS) is 15.7. The number of nitrogens with two attached hydrogens (primary N) is 1. The quantitative estimate of drug-likeness (QED) is 0.756. The van der Waals surface area contributed by atoms with Gasteiger partial charge in [0.1, 0.15) is 0 Å². The van der Waals surface area contributed by atoms with E-state index < -0.39 is 0 Å². The number of rotatable bonds is 7. The molecule has 0 atom stereocenters. The third-order valence-corrected chi connectivity index (χ3v) is 4.28. The van der Waals surface area contributed by atoms with E-state index in [4.69, 9.17) is 10.8 Å². The topological polar surface area (TPSA) is 52.7 Å². The first-order valence-electron chi connectivity index (χ1n) is 8.13. The summed E-state index contributed by atoms with van der Waals surface area (Å²) in [6.07, 6.45) is 6.03. The Balaban J connectivity index is 1.86. The van der Waals surface area contributed by atoms with Gasteiger partial charge in [0.05, 0.1) is 18.0 Å². The maximum Gasteiger partial charge on any atom is 0.0600 e. The minimum Gasteiger partial charge on any atom is -0.397 e. The molecule has 1 aliphatic rings. The van der Waals surface area contributed by atoms with Gasteiger partial charge in [0.15, 0.2) is 0 Å². The number of piperidine rings is 1. The molecule has 21 heavy (non-hydrogen) atoms. The predicted octanol–water partition coefficient (Wildman–Crippen LogP) is 2.12. The minimum absolute atomic E-state index is 0.230. The van der Waals surface area contributed by atoms with E-state index in [1.807, 2.05) is 7.05 Å². The van der Waals surface area contributed by atoms with Crippen LogP contribution in [0.1, 0.15) is 31.2 Å². The molecule has 0 amide bonds. The fourth-order valence-electron chi connectivity index (χ4n) is 3.02. The molecule has 1 fully saturated rings. The summed E-state index contributed by atoms with van der Waals surface area (Å²) >= 11 is 0. The van der Waals surface area contributed by atoms with Gasteiger partial charge in [-0.05, 0) is 63.4 Å². The fraction of sp³-hybridized carbons (Fsp3) is 0.647. The van der Waals surface area contributed by atoms with Gasteiger partial charge in [-0.15, -0.1) is 0 Å². The van der Waals surface area contributed by atoms with Gasteiger partial charge < -0.3 is 20.6 Å². The van der Waals surface area contributed by atoms with Crippen molar-refractivity contribution in [3.05, 3.63) is 23.8 Å². The summed E-state index contributed by atoms with van der Waals surface area (Å²) in [4.78, 5) is 4.57. The zero-order valence-corrected chi connectivity index (χ0v) is 13.2. The second-order valence-electron chi connectivity index (χ2n) is 6.07. The fourth-order valence-corrected chi connectivity index (χ4v) is 3.02. The SMILES string of the molecule is CN(CCO)CCCc1ccc(N2CCCCC2)c(N)c1. The van der Waals surface area contributed by atoms with Gasteiger partial charge in [0.2, 0.25) is 0 Å². The van der Waals surface area contributed by atoms with Crippen molar-refractivity contribution in [1.29, 1.82) is 0 Å². The lowest BCUT2D eigenvalue weighted by Gasteiger charge is -2.30. The van der Waals surface area contributed by atoms with Gasteiger partial charge in [-0.3, -0.25) is 0 Å². The third kappa shape index (κ3) is 4.90. The number of nitrogen functional groups attached to an aromatic ring is 1. The molecule has 1 aromatic rings. The molecule has 0 saturated carbocycles.